The first-order valence-electron chi connectivity index (χ1n) is 4.62. The molecule has 3 nitrogen and oxygen atoms in total. The lowest BCUT2D eigenvalue weighted by Crippen LogP contribution is -2.10. The van der Waals surface area contributed by atoms with Crippen LogP contribution in [0.25, 0.3) is 0 Å². The largest absolute Gasteiger partial charge is 0.481 e. The van der Waals surface area contributed by atoms with Gasteiger partial charge in [-0.25, -0.2) is 0 Å². The SMILES string of the molecule is CCOC(=N)CC(=O)c1ccc(Cl)cc1. The third kappa shape index (κ3) is 3.72. The molecule has 0 unspecified atom stereocenters. The monoisotopic (exact) mass is 225 g/mol. The predicted molar refractivity (Wildman–Crippen MR) is 59.8 cm³/mol. The zero-order valence-corrected chi connectivity index (χ0v) is 9.17. The molecule has 1 N–H and O–H groups in total. The van der Waals surface area contributed by atoms with Crippen molar-refractivity contribution in [1.29, 1.82) is 5.41 Å². The lowest BCUT2D eigenvalue weighted by atomic mass is 10.1. The summed E-state index contributed by atoms with van der Waals surface area (Å²) >= 11 is 5.69. The van der Waals surface area contributed by atoms with Crippen molar-refractivity contribution in [3.05, 3.63) is 34.9 Å². The normalized spacial score (nSPS) is 9.73. The molecule has 0 atom stereocenters. The maximum atomic E-state index is 11.6. The molecule has 1 aromatic carbocycles. The van der Waals surface area contributed by atoms with E-state index in [2.05, 4.69) is 0 Å². The Morgan fingerprint density at radius 2 is 2.00 bits per heavy atom. The van der Waals surface area contributed by atoms with Crippen LogP contribution in [0.2, 0.25) is 5.02 Å². The van der Waals surface area contributed by atoms with Gasteiger partial charge < -0.3 is 4.74 Å². The van der Waals surface area contributed by atoms with E-state index in [9.17, 15) is 4.79 Å². The number of nitrogens with one attached hydrogen (secondary N) is 1. The molecule has 0 aliphatic carbocycles. The van der Waals surface area contributed by atoms with Gasteiger partial charge in [0.1, 0.15) is 0 Å². The Hall–Kier alpha value is -1.35. The molecule has 0 radical (unpaired) electrons. The zero-order valence-electron chi connectivity index (χ0n) is 8.42. The molecule has 0 saturated carbocycles. The lowest BCUT2D eigenvalue weighted by Gasteiger charge is -2.04. The van der Waals surface area contributed by atoms with E-state index in [0.717, 1.165) is 0 Å². The average molecular weight is 226 g/mol. The summed E-state index contributed by atoms with van der Waals surface area (Å²) in [5.74, 6) is -0.137. The number of carbonyl (C=O) groups excluding carboxylic acids is 1. The Morgan fingerprint density at radius 1 is 1.40 bits per heavy atom. The van der Waals surface area contributed by atoms with E-state index in [1.165, 1.54) is 0 Å². The maximum Gasteiger partial charge on any atom is 0.188 e. The van der Waals surface area contributed by atoms with Gasteiger partial charge in [0.2, 0.25) is 0 Å². The Balaban J connectivity index is 2.61. The molecule has 0 bridgehead atoms. The van der Waals surface area contributed by atoms with Crippen molar-refractivity contribution in [1.82, 2.24) is 0 Å². The smallest absolute Gasteiger partial charge is 0.188 e. The quantitative estimate of drug-likeness (QED) is 0.487. The fourth-order valence-electron chi connectivity index (χ4n) is 1.11. The van der Waals surface area contributed by atoms with E-state index in [0.29, 0.717) is 17.2 Å². The van der Waals surface area contributed by atoms with Crippen LogP contribution >= 0.6 is 11.6 Å². The average Bonchev–Trinajstić information content (AvgIpc) is 2.18. The highest BCUT2D eigenvalue weighted by molar-refractivity contribution is 6.30. The number of ketones is 1. The van der Waals surface area contributed by atoms with Crippen LogP contribution in [-0.4, -0.2) is 18.3 Å². The van der Waals surface area contributed by atoms with Gasteiger partial charge in [0.05, 0.1) is 13.0 Å². The van der Waals surface area contributed by atoms with Gasteiger partial charge in [-0.3, -0.25) is 10.2 Å². The highest BCUT2D eigenvalue weighted by atomic mass is 35.5. The molecule has 4 heteroatoms. The van der Waals surface area contributed by atoms with Crippen molar-refractivity contribution >= 4 is 23.3 Å². The minimum Gasteiger partial charge on any atom is -0.481 e. The van der Waals surface area contributed by atoms with Crippen LogP contribution < -0.4 is 0 Å². The van der Waals surface area contributed by atoms with Crippen molar-refractivity contribution in [2.45, 2.75) is 13.3 Å². The number of Topliss-reactive ketones (excluding diaryl/α,β-unsaturated/α-hetero) is 1. The van der Waals surface area contributed by atoms with E-state index < -0.39 is 0 Å². The van der Waals surface area contributed by atoms with E-state index in [1.54, 1.807) is 31.2 Å². The second-order valence-electron chi connectivity index (χ2n) is 2.96. The maximum absolute atomic E-state index is 11.6. The van der Waals surface area contributed by atoms with E-state index in [4.69, 9.17) is 21.7 Å². The van der Waals surface area contributed by atoms with Crippen LogP contribution in [0.5, 0.6) is 0 Å². The topological polar surface area (TPSA) is 50.1 Å². The Morgan fingerprint density at radius 3 is 2.53 bits per heavy atom. The summed E-state index contributed by atoms with van der Waals surface area (Å²) in [7, 11) is 0. The molecule has 0 aliphatic heterocycles. The molecule has 0 heterocycles. The standard InChI is InChI=1S/C11H12ClNO2/c1-2-15-11(13)7-10(14)8-3-5-9(12)6-4-8/h3-6,13H,2,7H2,1H3. The summed E-state index contributed by atoms with van der Waals surface area (Å²) in [6.07, 6.45) is -0.00449. The van der Waals surface area contributed by atoms with Crippen molar-refractivity contribution in [2.24, 2.45) is 0 Å². The number of halogens is 1. The molecule has 0 aromatic heterocycles. The Bertz CT molecular complexity index is 359. The van der Waals surface area contributed by atoms with E-state index >= 15 is 0 Å². The van der Waals surface area contributed by atoms with E-state index in [1.807, 2.05) is 0 Å². The molecule has 0 fully saturated rings. The van der Waals surface area contributed by atoms with Gasteiger partial charge in [-0.1, -0.05) is 11.6 Å². The molecule has 0 spiro atoms. The fourth-order valence-corrected chi connectivity index (χ4v) is 1.23. The lowest BCUT2D eigenvalue weighted by molar-refractivity contribution is 0.0993. The van der Waals surface area contributed by atoms with Crippen LogP contribution in [-0.2, 0) is 4.74 Å². The van der Waals surface area contributed by atoms with Gasteiger partial charge in [0.15, 0.2) is 11.7 Å². The van der Waals surface area contributed by atoms with Crippen LogP contribution in [0, 0.1) is 5.41 Å². The van der Waals surface area contributed by atoms with Crippen LogP contribution in [0.15, 0.2) is 24.3 Å². The molecule has 80 valence electrons. The third-order valence-electron chi connectivity index (χ3n) is 1.81. The number of rotatable bonds is 4. The summed E-state index contributed by atoms with van der Waals surface area (Å²) in [6, 6.07) is 6.59. The van der Waals surface area contributed by atoms with Crippen LogP contribution in [0.3, 0.4) is 0 Å². The minimum atomic E-state index is -0.134. The van der Waals surface area contributed by atoms with Crippen LogP contribution in [0.4, 0.5) is 0 Å². The Labute approximate surface area is 93.5 Å². The second-order valence-corrected chi connectivity index (χ2v) is 3.40. The summed E-state index contributed by atoms with van der Waals surface area (Å²) in [4.78, 5) is 11.6. The molecular formula is C11H12ClNO2. The molecule has 0 saturated heterocycles. The second kappa shape index (κ2) is 5.51. The highest BCUT2D eigenvalue weighted by Crippen LogP contribution is 2.11. The first-order valence-corrected chi connectivity index (χ1v) is 5.00. The molecule has 1 rings (SSSR count). The number of carbonyl (C=O) groups is 1. The zero-order chi connectivity index (χ0) is 11.3. The molecule has 0 amide bonds. The first kappa shape index (κ1) is 11.7. The number of benzene rings is 1. The Kier molecular flexibility index (Phi) is 4.31. The van der Waals surface area contributed by atoms with Gasteiger partial charge in [-0.15, -0.1) is 0 Å². The molecule has 15 heavy (non-hydrogen) atoms. The molecule has 0 aliphatic rings. The predicted octanol–water partition coefficient (Wildman–Crippen LogP) is 2.93. The van der Waals surface area contributed by atoms with Crippen molar-refractivity contribution in [3.63, 3.8) is 0 Å². The summed E-state index contributed by atoms with van der Waals surface area (Å²) in [6.45, 7) is 2.19. The van der Waals surface area contributed by atoms with Gasteiger partial charge in [0.25, 0.3) is 0 Å². The number of hydrogen-bond acceptors (Lipinski definition) is 3. The van der Waals surface area contributed by atoms with Crippen molar-refractivity contribution in [2.75, 3.05) is 6.61 Å². The highest BCUT2D eigenvalue weighted by Gasteiger charge is 2.09. The number of hydrogen-bond donors (Lipinski definition) is 1. The van der Waals surface area contributed by atoms with Gasteiger partial charge >= 0.3 is 0 Å². The first-order chi connectivity index (χ1) is 7.13. The number of ether oxygens (including phenoxy) is 1. The van der Waals surface area contributed by atoms with E-state index in [-0.39, 0.29) is 18.1 Å². The van der Waals surface area contributed by atoms with Crippen LogP contribution in [0.1, 0.15) is 23.7 Å². The molecule has 1 aromatic rings. The molecular weight excluding hydrogens is 214 g/mol. The third-order valence-corrected chi connectivity index (χ3v) is 2.06. The van der Waals surface area contributed by atoms with Gasteiger partial charge in [0, 0.05) is 10.6 Å². The summed E-state index contributed by atoms with van der Waals surface area (Å²) in [5.41, 5.74) is 0.545. The van der Waals surface area contributed by atoms with Crippen molar-refractivity contribution in [3.8, 4) is 0 Å². The minimum absolute atomic E-state index is 0.00236. The van der Waals surface area contributed by atoms with Gasteiger partial charge in [-0.05, 0) is 31.2 Å². The summed E-state index contributed by atoms with van der Waals surface area (Å²) < 4.78 is 4.89. The van der Waals surface area contributed by atoms with Gasteiger partial charge in [-0.2, -0.15) is 0 Å². The van der Waals surface area contributed by atoms with Crippen molar-refractivity contribution < 1.29 is 9.53 Å². The summed E-state index contributed by atoms with van der Waals surface area (Å²) in [5, 5.41) is 7.93. The fraction of sp³-hybridized carbons (Fsp3) is 0.273.